The minimum Gasteiger partial charge on any atom is -0.494 e. The summed E-state index contributed by atoms with van der Waals surface area (Å²) in [6.07, 6.45) is 1.36. The first-order valence-corrected chi connectivity index (χ1v) is 11.0. The zero-order valence-corrected chi connectivity index (χ0v) is 18.6. The number of nitrogens with one attached hydrogen (secondary N) is 1. The van der Waals surface area contributed by atoms with Gasteiger partial charge in [0.05, 0.1) is 6.61 Å². The first-order valence-electron chi connectivity index (χ1n) is 10.2. The second-order valence-corrected chi connectivity index (χ2v) is 8.15. The third kappa shape index (κ3) is 4.94. The van der Waals surface area contributed by atoms with Crippen LogP contribution in [0.1, 0.15) is 12.5 Å². The summed E-state index contributed by atoms with van der Waals surface area (Å²) in [5.41, 5.74) is 1.88. The molecule has 0 saturated heterocycles. The molecule has 1 amide bonds. The van der Waals surface area contributed by atoms with Gasteiger partial charge in [0.25, 0.3) is 5.56 Å². The van der Waals surface area contributed by atoms with Gasteiger partial charge in [0.15, 0.2) is 10.8 Å². The number of thiazole rings is 1. The molecule has 0 aliphatic heterocycles. The van der Waals surface area contributed by atoms with Gasteiger partial charge in [-0.25, -0.2) is 4.98 Å². The Kier molecular flexibility index (Phi) is 6.46. The summed E-state index contributed by atoms with van der Waals surface area (Å²) in [4.78, 5) is 36.1. The molecule has 4 rings (SSSR count). The van der Waals surface area contributed by atoms with Crippen molar-refractivity contribution in [3.63, 3.8) is 0 Å². The predicted octanol–water partition coefficient (Wildman–Crippen LogP) is 3.53. The minimum absolute atomic E-state index is 0.137. The maximum Gasteiger partial charge on any atom is 0.273 e. The van der Waals surface area contributed by atoms with E-state index in [1.807, 2.05) is 49.2 Å². The van der Waals surface area contributed by atoms with Crippen LogP contribution in [0.4, 0.5) is 10.8 Å². The number of anilines is 2. The third-order valence-electron chi connectivity index (χ3n) is 4.72. The van der Waals surface area contributed by atoms with Gasteiger partial charge in [-0.1, -0.05) is 41.7 Å². The van der Waals surface area contributed by atoms with E-state index in [0.717, 1.165) is 11.3 Å². The zero-order valence-electron chi connectivity index (χ0n) is 17.8. The summed E-state index contributed by atoms with van der Waals surface area (Å²) in [7, 11) is 1.92. The van der Waals surface area contributed by atoms with E-state index in [4.69, 9.17) is 4.74 Å². The van der Waals surface area contributed by atoms with Crippen molar-refractivity contribution in [3.05, 3.63) is 76.8 Å². The molecule has 0 unspecified atom stereocenters. The molecule has 4 aromatic rings. The van der Waals surface area contributed by atoms with E-state index >= 15 is 0 Å². The number of carbonyl (C=O) groups excluding carboxylic acids is 1. The smallest absolute Gasteiger partial charge is 0.273 e. The SMILES string of the molecule is CCOc1ccc(NC(=O)Cn2cnc3nc(N(C)Cc4ccccc4)sc3c2=O)cc1. The quantitative estimate of drug-likeness (QED) is 0.443. The van der Waals surface area contributed by atoms with Gasteiger partial charge in [0.1, 0.15) is 23.3 Å². The first kappa shape index (κ1) is 21.5. The van der Waals surface area contributed by atoms with Crippen LogP contribution in [0.3, 0.4) is 0 Å². The Morgan fingerprint density at radius 2 is 1.91 bits per heavy atom. The highest BCUT2D eigenvalue weighted by molar-refractivity contribution is 7.22. The molecule has 164 valence electrons. The molecular formula is C23H23N5O3S. The van der Waals surface area contributed by atoms with Gasteiger partial charge in [-0.15, -0.1) is 0 Å². The Morgan fingerprint density at radius 1 is 1.16 bits per heavy atom. The van der Waals surface area contributed by atoms with Crippen LogP contribution >= 0.6 is 11.3 Å². The molecular weight excluding hydrogens is 426 g/mol. The number of hydrogen-bond donors (Lipinski definition) is 1. The number of amides is 1. The Hall–Kier alpha value is -3.72. The second-order valence-electron chi connectivity index (χ2n) is 7.17. The van der Waals surface area contributed by atoms with Gasteiger partial charge in [-0.3, -0.25) is 14.2 Å². The van der Waals surface area contributed by atoms with E-state index in [1.165, 1.54) is 22.2 Å². The number of ether oxygens (including phenoxy) is 1. The molecule has 9 heteroatoms. The van der Waals surface area contributed by atoms with Crippen molar-refractivity contribution in [1.29, 1.82) is 0 Å². The molecule has 1 N–H and O–H groups in total. The summed E-state index contributed by atoms with van der Waals surface area (Å²) in [5.74, 6) is 0.415. The van der Waals surface area contributed by atoms with Crippen molar-refractivity contribution in [2.75, 3.05) is 23.9 Å². The average Bonchev–Trinajstić information content (AvgIpc) is 3.23. The Labute approximate surface area is 189 Å². The minimum atomic E-state index is -0.316. The van der Waals surface area contributed by atoms with Gasteiger partial charge in [-0.05, 0) is 36.8 Å². The van der Waals surface area contributed by atoms with E-state index in [-0.39, 0.29) is 18.0 Å². The topological polar surface area (TPSA) is 89.3 Å². The molecule has 0 bridgehead atoms. The van der Waals surface area contributed by atoms with Crippen LogP contribution in [0.15, 0.2) is 65.7 Å². The van der Waals surface area contributed by atoms with Gasteiger partial charge in [0, 0.05) is 19.3 Å². The van der Waals surface area contributed by atoms with Crippen LogP contribution in [0, 0.1) is 0 Å². The molecule has 32 heavy (non-hydrogen) atoms. The lowest BCUT2D eigenvalue weighted by molar-refractivity contribution is -0.116. The summed E-state index contributed by atoms with van der Waals surface area (Å²) in [6, 6.07) is 17.1. The fourth-order valence-electron chi connectivity index (χ4n) is 3.19. The second kappa shape index (κ2) is 9.61. The maximum atomic E-state index is 12.9. The van der Waals surface area contributed by atoms with Crippen LogP contribution in [0.5, 0.6) is 5.75 Å². The van der Waals surface area contributed by atoms with E-state index in [9.17, 15) is 9.59 Å². The molecule has 0 radical (unpaired) electrons. The molecule has 0 saturated carbocycles. The highest BCUT2D eigenvalue weighted by Gasteiger charge is 2.15. The highest BCUT2D eigenvalue weighted by Crippen LogP contribution is 2.25. The van der Waals surface area contributed by atoms with Crippen molar-refractivity contribution in [1.82, 2.24) is 14.5 Å². The number of hydrogen-bond acceptors (Lipinski definition) is 7. The van der Waals surface area contributed by atoms with Crippen LogP contribution in [0.2, 0.25) is 0 Å². The van der Waals surface area contributed by atoms with Gasteiger partial charge < -0.3 is 15.0 Å². The van der Waals surface area contributed by atoms with Crippen molar-refractivity contribution in [2.24, 2.45) is 0 Å². The summed E-state index contributed by atoms with van der Waals surface area (Å²) >= 11 is 1.28. The van der Waals surface area contributed by atoms with E-state index in [2.05, 4.69) is 15.3 Å². The molecule has 0 atom stereocenters. The number of benzene rings is 2. The number of fused-ring (bicyclic) bond motifs is 1. The molecule has 8 nitrogen and oxygen atoms in total. The first-order chi connectivity index (χ1) is 15.5. The van der Waals surface area contributed by atoms with Crippen molar-refractivity contribution in [2.45, 2.75) is 20.0 Å². The van der Waals surface area contributed by atoms with Crippen LogP contribution in [0.25, 0.3) is 10.3 Å². The monoisotopic (exact) mass is 449 g/mol. The molecule has 0 spiro atoms. The van der Waals surface area contributed by atoms with Crippen LogP contribution < -0.4 is 20.5 Å². The fourth-order valence-corrected chi connectivity index (χ4v) is 4.12. The highest BCUT2D eigenvalue weighted by atomic mass is 32.1. The Bertz CT molecular complexity index is 1270. The third-order valence-corrected chi connectivity index (χ3v) is 5.87. The Morgan fingerprint density at radius 3 is 2.62 bits per heavy atom. The van der Waals surface area contributed by atoms with Crippen molar-refractivity contribution >= 4 is 38.4 Å². The maximum absolute atomic E-state index is 12.9. The van der Waals surface area contributed by atoms with Crippen molar-refractivity contribution in [3.8, 4) is 5.75 Å². The van der Waals surface area contributed by atoms with E-state index in [1.54, 1.807) is 24.3 Å². The number of nitrogens with zero attached hydrogens (tertiary/aromatic N) is 4. The standard InChI is InChI=1S/C23H23N5O3S/c1-3-31-18-11-9-17(10-12-18)25-19(29)14-28-15-24-21-20(22(28)30)32-23(26-21)27(2)13-16-7-5-4-6-8-16/h4-12,15H,3,13-14H2,1-2H3,(H,25,29). The number of rotatable bonds is 8. The molecule has 0 fully saturated rings. The number of aromatic nitrogens is 3. The average molecular weight is 450 g/mol. The lowest BCUT2D eigenvalue weighted by atomic mass is 10.2. The Balaban J connectivity index is 1.47. The van der Waals surface area contributed by atoms with Crippen molar-refractivity contribution < 1.29 is 9.53 Å². The normalized spacial score (nSPS) is 10.8. The molecule has 2 heterocycles. The summed E-state index contributed by atoms with van der Waals surface area (Å²) in [6.45, 7) is 3.01. The molecule has 2 aromatic carbocycles. The lowest BCUT2D eigenvalue weighted by Gasteiger charge is -2.15. The summed E-state index contributed by atoms with van der Waals surface area (Å²) in [5, 5.41) is 3.48. The zero-order chi connectivity index (χ0) is 22.5. The van der Waals surface area contributed by atoms with Gasteiger partial charge >= 0.3 is 0 Å². The summed E-state index contributed by atoms with van der Waals surface area (Å²) < 4.78 is 7.12. The van der Waals surface area contributed by atoms with Gasteiger partial charge in [0.2, 0.25) is 5.91 Å². The van der Waals surface area contributed by atoms with E-state index < -0.39 is 0 Å². The fraction of sp³-hybridized carbons (Fsp3) is 0.217. The largest absolute Gasteiger partial charge is 0.494 e. The lowest BCUT2D eigenvalue weighted by Crippen LogP contribution is -2.27. The number of carbonyl (C=O) groups is 1. The van der Waals surface area contributed by atoms with E-state index in [0.29, 0.717) is 34.3 Å². The predicted molar refractivity (Wildman–Crippen MR) is 126 cm³/mol. The molecule has 0 aliphatic carbocycles. The van der Waals surface area contributed by atoms with Crippen LogP contribution in [-0.2, 0) is 17.9 Å². The molecule has 0 aliphatic rings. The van der Waals surface area contributed by atoms with Crippen LogP contribution in [-0.4, -0.2) is 34.1 Å². The molecule has 2 aromatic heterocycles. The van der Waals surface area contributed by atoms with Gasteiger partial charge in [-0.2, -0.15) is 4.98 Å².